The van der Waals surface area contributed by atoms with Crippen LogP contribution in [-0.2, 0) is 0 Å². The van der Waals surface area contributed by atoms with Crippen LogP contribution < -0.4 is 5.73 Å². The standard InChI is InChI=1S/C12H24N2/c1-4-12(2,3)14-11(13)10-8-6-5-7-9-10/h10H,4-9H2,1-3H3,(H2,13,14). The fraction of sp³-hybridized carbons (Fsp3) is 0.917. The molecule has 1 aliphatic carbocycles. The van der Waals surface area contributed by atoms with Gasteiger partial charge in [0.1, 0.15) is 0 Å². The lowest BCUT2D eigenvalue weighted by molar-refractivity contribution is 0.427. The summed E-state index contributed by atoms with van der Waals surface area (Å²) in [6.45, 7) is 6.48. The third kappa shape index (κ3) is 3.32. The number of aliphatic imine (C=N–C) groups is 1. The molecule has 14 heavy (non-hydrogen) atoms. The van der Waals surface area contributed by atoms with E-state index in [0.29, 0.717) is 5.92 Å². The quantitative estimate of drug-likeness (QED) is 0.546. The molecule has 0 aliphatic heterocycles. The van der Waals surface area contributed by atoms with Gasteiger partial charge in [0.25, 0.3) is 0 Å². The van der Waals surface area contributed by atoms with Crippen molar-refractivity contribution in [3.05, 3.63) is 0 Å². The predicted molar refractivity (Wildman–Crippen MR) is 62.6 cm³/mol. The van der Waals surface area contributed by atoms with Gasteiger partial charge in [0.15, 0.2) is 0 Å². The molecular formula is C12H24N2. The minimum absolute atomic E-state index is 0.0293. The monoisotopic (exact) mass is 196 g/mol. The Morgan fingerprint density at radius 2 is 1.86 bits per heavy atom. The van der Waals surface area contributed by atoms with Crippen LogP contribution in [0.4, 0.5) is 0 Å². The summed E-state index contributed by atoms with van der Waals surface area (Å²) in [5.41, 5.74) is 6.09. The van der Waals surface area contributed by atoms with E-state index in [0.717, 1.165) is 12.3 Å². The number of nitrogens with two attached hydrogens (primary N) is 1. The lowest BCUT2D eigenvalue weighted by Gasteiger charge is -2.25. The highest BCUT2D eigenvalue weighted by molar-refractivity contribution is 5.83. The van der Waals surface area contributed by atoms with E-state index in [4.69, 9.17) is 5.73 Å². The van der Waals surface area contributed by atoms with Crippen LogP contribution in [0.2, 0.25) is 0 Å². The van der Waals surface area contributed by atoms with Crippen molar-refractivity contribution in [2.45, 2.75) is 64.8 Å². The maximum Gasteiger partial charge on any atom is 0.0975 e. The molecule has 1 saturated carbocycles. The first-order chi connectivity index (χ1) is 6.55. The summed E-state index contributed by atoms with van der Waals surface area (Å²) in [6.07, 6.45) is 7.58. The van der Waals surface area contributed by atoms with Crippen LogP contribution >= 0.6 is 0 Å². The van der Waals surface area contributed by atoms with Gasteiger partial charge >= 0.3 is 0 Å². The molecule has 1 fully saturated rings. The van der Waals surface area contributed by atoms with Crippen molar-refractivity contribution in [3.8, 4) is 0 Å². The highest BCUT2D eigenvalue weighted by atomic mass is 14.9. The third-order valence-electron chi connectivity index (χ3n) is 3.32. The van der Waals surface area contributed by atoms with Gasteiger partial charge in [0.2, 0.25) is 0 Å². The first-order valence-electron chi connectivity index (χ1n) is 5.90. The van der Waals surface area contributed by atoms with Crippen molar-refractivity contribution in [2.75, 3.05) is 0 Å². The smallest absolute Gasteiger partial charge is 0.0975 e. The number of hydrogen-bond donors (Lipinski definition) is 1. The van der Waals surface area contributed by atoms with E-state index in [-0.39, 0.29) is 5.54 Å². The topological polar surface area (TPSA) is 38.4 Å². The van der Waals surface area contributed by atoms with Crippen LogP contribution in [0, 0.1) is 5.92 Å². The maximum absolute atomic E-state index is 6.06. The molecule has 0 amide bonds. The molecule has 2 N–H and O–H groups in total. The van der Waals surface area contributed by atoms with Crippen LogP contribution in [0.3, 0.4) is 0 Å². The highest BCUT2D eigenvalue weighted by Gasteiger charge is 2.20. The Hall–Kier alpha value is -0.530. The Morgan fingerprint density at radius 1 is 1.29 bits per heavy atom. The normalized spacial score (nSPS) is 21.2. The first kappa shape index (κ1) is 11.5. The molecule has 0 bridgehead atoms. The third-order valence-corrected chi connectivity index (χ3v) is 3.32. The lowest BCUT2D eigenvalue weighted by Crippen LogP contribution is -2.30. The van der Waals surface area contributed by atoms with E-state index >= 15 is 0 Å². The molecule has 0 aromatic heterocycles. The van der Waals surface area contributed by atoms with Gasteiger partial charge in [-0.1, -0.05) is 26.2 Å². The van der Waals surface area contributed by atoms with E-state index in [9.17, 15) is 0 Å². The van der Waals surface area contributed by atoms with Gasteiger partial charge in [0.05, 0.1) is 11.4 Å². The van der Waals surface area contributed by atoms with Crippen molar-refractivity contribution in [1.29, 1.82) is 0 Å². The molecule has 2 nitrogen and oxygen atoms in total. The Morgan fingerprint density at radius 3 is 2.36 bits per heavy atom. The molecule has 1 rings (SSSR count). The summed E-state index contributed by atoms with van der Waals surface area (Å²) in [5.74, 6) is 1.46. The SMILES string of the molecule is CCC(C)(C)N=C(N)C1CCCCC1. The molecular weight excluding hydrogens is 172 g/mol. The van der Waals surface area contributed by atoms with Gasteiger partial charge in [-0.3, -0.25) is 4.99 Å². The Labute approximate surface area is 88.0 Å². The van der Waals surface area contributed by atoms with E-state index in [1.807, 2.05) is 0 Å². The zero-order valence-electron chi connectivity index (χ0n) is 9.84. The molecule has 0 spiro atoms. The van der Waals surface area contributed by atoms with Crippen LogP contribution in [0.5, 0.6) is 0 Å². The molecule has 0 unspecified atom stereocenters. The number of hydrogen-bond acceptors (Lipinski definition) is 1. The van der Waals surface area contributed by atoms with Gasteiger partial charge in [0, 0.05) is 5.92 Å². The minimum atomic E-state index is 0.0293. The second kappa shape index (κ2) is 4.81. The zero-order valence-corrected chi connectivity index (χ0v) is 9.84. The van der Waals surface area contributed by atoms with E-state index in [1.54, 1.807) is 0 Å². The molecule has 0 radical (unpaired) electrons. The van der Waals surface area contributed by atoms with Crippen molar-refractivity contribution in [2.24, 2.45) is 16.6 Å². The summed E-state index contributed by atoms with van der Waals surface area (Å²) in [7, 11) is 0. The molecule has 0 aromatic carbocycles. The summed E-state index contributed by atoms with van der Waals surface area (Å²) >= 11 is 0. The summed E-state index contributed by atoms with van der Waals surface area (Å²) < 4.78 is 0. The average molecular weight is 196 g/mol. The Kier molecular flexibility index (Phi) is 3.97. The number of amidine groups is 1. The first-order valence-corrected chi connectivity index (χ1v) is 5.90. The molecule has 0 atom stereocenters. The fourth-order valence-electron chi connectivity index (χ4n) is 1.92. The molecule has 0 heterocycles. The van der Waals surface area contributed by atoms with Gasteiger partial charge in [-0.15, -0.1) is 0 Å². The second-order valence-corrected chi connectivity index (χ2v) is 5.04. The summed E-state index contributed by atoms with van der Waals surface area (Å²) in [5, 5.41) is 0. The molecule has 0 saturated heterocycles. The van der Waals surface area contributed by atoms with Gasteiger partial charge in [-0.2, -0.15) is 0 Å². The summed E-state index contributed by atoms with van der Waals surface area (Å²) in [6, 6.07) is 0. The zero-order chi connectivity index (χ0) is 10.6. The van der Waals surface area contributed by atoms with E-state index in [2.05, 4.69) is 25.8 Å². The van der Waals surface area contributed by atoms with Crippen LogP contribution in [0.1, 0.15) is 59.3 Å². The van der Waals surface area contributed by atoms with E-state index in [1.165, 1.54) is 32.1 Å². The minimum Gasteiger partial charge on any atom is -0.387 e. The second-order valence-electron chi connectivity index (χ2n) is 5.04. The predicted octanol–water partition coefficient (Wildman–Crippen LogP) is 3.11. The van der Waals surface area contributed by atoms with E-state index < -0.39 is 0 Å². The van der Waals surface area contributed by atoms with Crippen molar-refractivity contribution in [3.63, 3.8) is 0 Å². The van der Waals surface area contributed by atoms with Crippen molar-refractivity contribution in [1.82, 2.24) is 0 Å². The van der Waals surface area contributed by atoms with Crippen LogP contribution in [0.15, 0.2) is 4.99 Å². The van der Waals surface area contributed by atoms with Crippen LogP contribution in [-0.4, -0.2) is 11.4 Å². The Balaban J connectivity index is 2.57. The summed E-state index contributed by atoms with van der Waals surface area (Å²) in [4.78, 5) is 4.65. The number of nitrogens with zero attached hydrogens (tertiary/aromatic N) is 1. The van der Waals surface area contributed by atoms with Gasteiger partial charge in [-0.05, 0) is 33.1 Å². The molecule has 0 aromatic rings. The highest BCUT2D eigenvalue weighted by Crippen LogP contribution is 2.25. The van der Waals surface area contributed by atoms with Gasteiger partial charge in [-0.25, -0.2) is 0 Å². The van der Waals surface area contributed by atoms with Crippen molar-refractivity contribution < 1.29 is 0 Å². The molecule has 82 valence electrons. The van der Waals surface area contributed by atoms with Gasteiger partial charge < -0.3 is 5.73 Å². The van der Waals surface area contributed by atoms with Crippen LogP contribution in [0.25, 0.3) is 0 Å². The largest absolute Gasteiger partial charge is 0.387 e. The van der Waals surface area contributed by atoms with Crippen molar-refractivity contribution >= 4 is 5.84 Å². The fourth-order valence-corrected chi connectivity index (χ4v) is 1.92. The Bertz CT molecular complexity index is 200. The molecule has 1 aliphatic rings. The average Bonchev–Trinajstić information content (AvgIpc) is 2.19. The lowest BCUT2D eigenvalue weighted by atomic mass is 9.88. The molecule has 2 heteroatoms. The maximum atomic E-state index is 6.06. The number of rotatable bonds is 3.